The summed E-state index contributed by atoms with van der Waals surface area (Å²) < 4.78 is 5.80. The summed E-state index contributed by atoms with van der Waals surface area (Å²) in [4.78, 5) is 50.6. The van der Waals surface area contributed by atoms with Gasteiger partial charge in [0.05, 0.1) is 12.0 Å². The Balaban J connectivity index is 0.00000326. The van der Waals surface area contributed by atoms with E-state index >= 15 is 0 Å². The number of hydroxylamine groups is 2. The van der Waals surface area contributed by atoms with Crippen molar-refractivity contribution < 1.29 is 28.8 Å². The minimum absolute atomic E-state index is 0.0269. The van der Waals surface area contributed by atoms with Gasteiger partial charge in [0, 0.05) is 31.9 Å². The van der Waals surface area contributed by atoms with Crippen LogP contribution < -0.4 is 5.32 Å². The molecule has 1 heterocycles. The van der Waals surface area contributed by atoms with Crippen molar-refractivity contribution in [2.75, 3.05) is 6.61 Å². The third-order valence-electron chi connectivity index (χ3n) is 3.86. The number of nitrogens with zero attached hydrogens (tertiary/aromatic N) is 1. The summed E-state index contributed by atoms with van der Waals surface area (Å²) in [6.45, 7) is 13.4. The van der Waals surface area contributed by atoms with Crippen molar-refractivity contribution in [1.29, 1.82) is 0 Å². The van der Waals surface area contributed by atoms with Crippen molar-refractivity contribution in [1.82, 2.24) is 10.4 Å². The average molecular weight is 386 g/mol. The van der Waals surface area contributed by atoms with Crippen molar-refractivity contribution in [3.8, 4) is 0 Å². The summed E-state index contributed by atoms with van der Waals surface area (Å²) in [5.41, 5.74) is -0.957. The van der Waals surface area contributed by atoms with Gasteiger partial charge in [0.15, 0.2) is 0 Å². The first kappa shape index (κ1) is 25.0. The molecule has 0 atom stereocenters. The molecule has 0 radical (unpaired) electrons. The van der Waals surface area contributed by atoms with E-state index in [-0.39, 0.29) is 30.7 Å². The van der Waals surface area contributed by atoms with E-state index in [1.807, 2.05) is 41.5 Å². The molecule has 1 aliphatic heterocycles. The van der Waals surface area contributed by atoms with Gasteiger partial charge in [0.25, 0.3) is 11.8 Å². The molecule has 1 N–H and O–H groups in total. The second-order valence-corrected chi connectivity index (χ2v) is 7.47. The topological polar surface area (TPSA) is 102 Å². The van der Waals surface area contributed by atoms with Crippen LogP contribution in [0.4, 0.5) is 0 Å². The zero-order chi connectivity index (χ0) is 21.3. The average Bonchev–Trinajstić information content (AvgIpc) is 2.85. The summed E-state index contributed by atoms with van der Waals surface area (Å²) in [7, 11) is 0. The van der Waals surface area contributed by atoms with Crippen molar-refractivity contribution in [2.45, 2.75) is 91.7 Å². The molecule has 1 fully saturated rings. The van der Waals surface area contributed by atoms with Gasteiger partial charge in [-0.05, 0) is 40.5 Å². The van der Waals surface area contributed by atoms with Crippen molar-refractivity contribution in [2.24, 2.45) is 0 Å². The molecule has 3 amide bonds. The zero-order valence-corrected chi connectivity index (χ0v) is 17.6. The van der Waals surface area contributed by atoms with Crippen LogP contribution in [-0.2, 0) is 28.8 Å². The Labute approximate surface area is 161 Å². The van der Waals surface area contributed by atoms with Crippen molar-refractivity contribution in [3.05, 3.63) is 0 Å². The highest BCUT2D eigenvalue weighted by Gasteiger charge is 2.33. The maximum Gasteiger partial charge on any atom is 0.333 e. The lowest BCUT2D eigenvalue weighted by Crippen LogP contribution is -2.43. The van der Waals surface area contributed by atoms with E-state index in [0.29, 0.717) is 24.5 Å². The fraction of sp³-hybridized carbons (Fsp3) is 0.789. The van der Waals surface area contributed by atoms with E-state index in [4.69, 9.17) is 9.57 Å². The molecule has 1 rings (SSSR count). The van der Waals surface area contributed by atoms with E-state index in [1.165, 1.54) is 6.92 Å². The van der Waals surface area contributed by atoms with Gasteiger partial charge in [0.1, 0.15) is 0 Å². The first-order valence-electron chi connectivity index (χ1n) is 9.41. The molecule has 0 aromatic rings. The standard InChI is InChI=1S/C17H28N2O6.C2H6/c1-12(20)18-16(2,3)10-11-24-17(4,5)9-8-15(23)25-19-13(21)6-7-14(19)22;1-2/h6-11H2,1-5H3,(H,18,20);1-2H3. The number of amides is 3. The Kier molecular flexibility index (Phi) is 10.2. The number of nitrogens with one attached hydrogen (secondary N) is 1. The number of rotatable bonds is 9. The first-order chi connectivity index (χ1) is 12.4. The van der Waals surface area contributed by atoms with Gasteiger partial charge in [0.2, 0.25) is 5.91 Å². The van der Waals surface area contributed by atoms with Crippen LogP contribution >= 0.6 is 0 Å². The maximum absolute atomic E-state index is 11.8. The van der Waals surface area contributed by atoms with Crippen LogP contribution in [0.1, 0.15) is 80.6 Å². The molecule has 0 unspecified atom stereocenters. The number of carbonyl (C=O) groups is 4. The lowest BCUT2D eigenvalue weighted by atomic mass is 10.00. The monoisotopic (exact) mass is 386 g/mol. The fourth-order valence-corrected chi connectivity index (χ4v) is 2.40. The molecule has 0 bridgehead atoms. The molecule has 0 aliphatic carbocycles. The van der Waals surface area contributed by atoms with Gasteiger partial charge in [-0.15, -0.1) is 5.06 Å². The van der Waals surface area contributed by atoms with Gasteiger partial charge in [-0.2, -0.15) is 0 Å². The summed E-state index contributed by atoms with van der Waals surface area (Å²) in [6, 6.07) is 0. The normalized spacial score (nSPS) is 14.6. The van der Waals surface area contributed by atoms with Crippen LogP contribution in [0.3, 0.4) is 0 Å². The molecule has 8 nitrogen and oxygen atoms in total. The van der Waals surface area contributed by atoms with E-state index in [1.54, 1.807) is 0 Å². The molecule has 0 spiro atoms. The molecule has 0 aromatic carbocycles. The fourth-order valence-electron chi connectivity index (χ4n) is 2.40. The molecule has 0 saturated carbocycles. The number of ether oxygens (including phenoxy) is 1. The molecule has 1 saturated heterocycles. The van der Waals surface area contributed by atoms with Gasteiger partial charge in [-0.3, -0.25) is 14.4 Å². The van der Waals surface area contributed by atoms with E-state index in [2.05, 4.69) is 5.32 Å². The van der Waals surface area contributed by atoms with Crippen molar-refractivity contribution >= 4 is 23.7 Å². The lowest BCUT2D eigenvalue weighted by molar-refractivity contribution is -0.198. The van der Waals surface area contributed by atoms with Gasteiger partial charge >= 0.3 is 5.97 Å². The number of imide groups is 1. The summed E-state index contributed by atoms with van der Waals surface area (Å²) in [5.74, 6) is -1.72. The largest absolute Gasteiger partial charge is 0.375 e. The predicted octanol–water partition coefficient (Wildman–Crippen LogP) is 2.50. The smallest absolute Gasteiger partial charge is 0.333 e. The minimum Gasteiger partial charge on any atom is -0.375 e. The summed E-state index contributed by atoms with van der Waals surface area (Å²) in [5, 5.41) is 3.39. The van der Waals surface area contributed by atoms with Crippen LogP contribution in [-0.4, -0.2) is 46.5 Å². The number of hydrogen-bond acceptors (Lipinski definition) is 6. The van der Waals surface area contributed by atoms with Crippen LogP contribution in [0.15, 0.2) is 0 Å². The highest BCUT2D eigenvalue weighted by atomic mass is 16.7. The second-order valence-electron chi connectivity index (χ2n) is 7.47. The third-order valence-corrected chi connectivity index (χ3v) is 3.86. The van der Waals surface area contributed by atoms with Crippen LogP contribution in [0.25, 0.3) is 0 Å². The first-order valence-corrected chi connectivity index (χ1v) is 9.41. The van der Waals surface area contributed by atoms with E-state index in [0.717, 1.165) is 0 Å². The molecule has 1 aliphatic rings. The molecular formula is C19H34N2O6. The Hall–Kier alpha value is -1.96. The summed E-state index contributed by atoms with van der Waals surface area (Å²) >= 11 is 0. The second kappa shape index (κ2) is 11.0. The lowest BCUT2D eigenvalue weighted by Gasteiger charge is -2.30. The number of hydrogen-bond donors (Lipinski definition) is 1. The zero-order valence-electron chi connectivity index (χ0n) is 17.6. The van der Waals surface area contributed by atoms with Gasteiger partial charge in [-0.1, -0.05) is 13.8 Å². The minimum atomic E-state index is -0.640. The number of carbonyl (C=O) groups excluding carboxylic acids is 4. The molecular weight excluding hydrogens is 352 g/mol. The van der Waals surface area contributed by atoms with E-state index in [9.17, 15) is 19.2 Å². The van der Waals surface area contributed by atoms with Gasteiger partial charge in [-0.25, -0.2) is 4.79 Å². The molecule has 27 heavy (non-hydrogen) atoms. The molecule has 0 aromatic heterocycles. The Bertz CT molecular complexity index is 526. The molecule has 156 valence electrons. The van der Waals surface area contributed by atoms with Crippen LogP contribution in [0, 0.1) is 0 Å². The Morgan fingerprint density at radius 2 is 1.56 bits per heavy atom. The highest BCUT2D eigenvalue weighted by Crippen LogP contribution is 2.20. The highest BCUT2D eigenvalue weighted by molar-refractivity contribution is 6.01. The SMILES string of the molecule is CC.CC(=O)NC(C)(C)CCOC(C)(C)CCC(=O)ON1C(=O)CCC1=O. The maximum atomic E-state index is 11.8. The van der Waals surface area contributed by atoms with Crippen molar-refractivity contribution in [3.63, 3.8) is 0 Å². The van der Waals surface area contributed by atoms with Gasteiger partial charge < -0.3 is 14.9 Å². The van der Waals surface area contributed by atoms with Crippen LogP contribution in [0.2, 0.25) is 0 Å². The molecule has 8 heteroatoms. The Morgan fingerprint density at radius 3 is 2.04 bits per heavy atom. The predicted molar refractivity (Wildman–Crippen MR) is 100 cm³/mol. The quantitative estimate of drug-likeness (QED) is 0.611. The third kappa shape index (κ3) is 10.1. The Morgan fingerprint density at radius 1 is 1.04 bits per heavy atom. The van der Waals surface area contributed by atoms with E-state index < -0.39 is 23.4 Å². The summed E-state index contributed by atoms with van der Waals surface area (Å²) in [6.07, 6.45) is 1.18. The van der Waals surface area contributed by atoms with Crippen LogP contribution in [0.5, 0.6) is 0 Å².